The van der Waals surface area contributed by atoms with Gasteiger partial charge in [-0.2, -0.15) is 0 Å². The Morgan fingerprint density at radius 1 is 1.20 bits per heavy atom. The van der Waals surface area contributed by atoms with E-state index in [0.29, 0.717) is 6.61 Å². The molecule has 0 radical (unpaired) electrons. The van der Waals surface area contributed by atoms with E-state index < -0.39 is 0 Å². The molecule has 1 aromatic rings. The van der Waals surface area contributed by atoms with Crippen molar-refractivity contribution in [1.29, 1.82) is 0 Å². The van der Waals surface area contributed by atoms with Crippen LogP contribution in [0.15, 0.2) is 18.2 Å². The molecule has 1 atom stereocenters. The van der Waals surface area contributed by atoms with Crippen LogP contribution in [0.25, 0.3) is 0 Å². The highest BCUT2D eigenvalue weighted by atomic mass is 16.5. The van der Waals surface area contributed by atoms with Crippen molar-refractivity contribution in [3.63, 3.8) is 0 Å². The SMILES string of the molecule is CCOC1(C(N)c2cc(OC)ccc2OC)CCCC1. The molecule has 4 nitrogen and oxygen atoms in total. The Kier molecular flexibility index (Phi) is 4.89. The quantitative estimate of drug-likeness (QED) is 0.869. The highest BCUT2D eigenvalue weighted by Gasteiger charge is 2.42. The van der Waals surface area contributed by atoms with E-state index in [-0.39, 0.29) is 11.6 Å². The fourth-order valence-corrected chi connectivity index (χ4v) is 3.17. The third kappa shape index (κ3) is 2.76. The van der Waals surface area contributed by atoms with Gasteiger partial charge in [-0.15, -0.1) is 0 Å². The first-order chi connectivity index (χ1) is 9.66. The molecular formula is C16H25NO3. The first kappa shape index (κ1) is 15.1. The molecule has 0 bridgehead atoms. The zero-order chi connectivity index (χ0) is 14.6. The van der Waals surface area contributed by atoms with Crippen LogP contribution in [0.3, 0.4) is 0 Å². The largest absolute Gasteiger partial charge is 0.497 e. The molecule has 1 aromatic carbocycles. The molecule has 0 aliphatic heterocycles. The number of nitrogens with two attached hydrogens (primary N) is 1. The Hall–Kier alpha value is -1.26. The number of benzene rings is 1. The third-order valence-electron chi connectivity index (χ3n) is 4.22. The van der Waals surface area contributed by atoms with Gasteiger partial charge in [-0.25, -0.2) is 0 Å². The number of methoxy groups -OCH3 is 2. The van der Waals surface area contributed by atoms with E-state index in [2.05, 4.69) is 0 Å². The zero-order valence-electron chi connectivity index (χ0n) is 12.6. The fraction of sp³-hybridized carbons (Fsp3) is 0.625. The standard InChI is InChI=1S/C16H25NO3/c1-4-20-16(9-5-6-10-16)15(17)13-11-12(18-2)7-8-14(13)19-3/h7-8,11,15H,4-6,9-10,17H2,1-3H3. The monoisotopic (exact) mass is 279 g/mol. The van der Waals surface area contributed by atoms with Gasteiger partial charge in [-0.3, -0.25) is 0 Å². The minimum Gasteiger partial charge on any atom is -0.497 e. The summed E-state index contributed by atoms with van der Waals surface area (Å²) >= 11 is 0. The molecule has 20 heavy (non-hydrogen) atoms. The third-order valence-corrected chi connectivity index (χ3v) is 4.22. The van der Waals surface area contributed by atoms with Crippen LogP contribution in [0.2, 0.25) is 0 Å². The highest BCUT2D eigenvalue weighted by Crippen LogP contribution is 2.44. The van der Waals surface area contributed by atoms with E-state index in [1.54, 1.807) is 14.2 Å². The van der Waals surface area contributed by atoms with Crippen LogP contribution in [0.1, 0.15) is 44.2 Å². The van der Waals surface area contributed by atoms with E-state index in [0.717, 1.165) is 29.9 Å². The number of ether oxygens (including phenoxy) is 3. The molecular weight excluding hydrogens is 254 g/mol. The maximum atomic E-state index is 6.56. The molecule has 2 N–H and O–H groups in total. The summed E-state index contributed by atoms with van der Waals surface area (Å²) in [5.74, 6) is 1.59. The van der Waals surface area contributed by atoms with Crippen molar-refractivity contribution in [3.8, 4) is 11.5 Å². The molecule has 0 aromatic heterocycles. The molecule has 0 saturated heterocycles. The van der Waals surface area contributed by atoms with Gasteiger partial charge in [0.1, 0.15) is 11.5 Å². The average molecular weight is 279 g/mol. The predicted molar refractivity (Wildman–Crippen MR) is 79.3 cm³/mol. The first-order valence-electron chi connectivity index (χ1n) is 7.28. The van der Waals surface area contributed by atoms with E-state index in [4.69, 9.17) is 19.9 Å². The second kappa shape index (κ2) is 6.46. The fourth-order valence-electron chi connectivity index (χ4n) is 3.17. The van der Waals surface area contributed by atoms with Gasteiger partial charge in [0.25, 0.3) is 0 Å². The Bertz CT molecular complexity index is 441. The molecule has 1 aliphatic rings. The summed E-state index contributed by atoms with van der Waals surface area (Å²) in [6.45, 7) is 2.70. The first-order valence-corrected chi connectivity index (χ1v) is 7.28. The van der Waals surface area contributed by atoms with Crippen molar-refractivity contribution in [3.05, 3.63) is 23.8 Å². The summed E-state index contributed by atoms with van der Waals surface area (Å²) in [4.78, 5) is 0. The van der Waals surface area contributed by atoms with Gasteiger partial charge >= 0.3 is 0 Å². The molecule has 1 unspecified atom stereocenters. The van der Waals surface area contributed by atoms with Gasteiger partial charge in [0.15, 0.2) is 0 Å². The lowest BCUT2D eigenvalue weighted by Crippen LogP contribution is -2.41. The summed E-state index contributed by atoms with van der Waals surface area (Å²) < 4.78 is 16.8. The van der Waals surface area contributed by atoms with Crippen molar-refractivity contribution in [2.45, 2.75) is 44.2 Å². The molecule has 4 heteroatoms. The second-order valence-electron chi connectivity index (χ2n) is 5.29. The highest BCUT2D eigenvalue weighted by molar-refractivity contribution is 5.43. The van der Waals surface area contributed by atoms with Gasteiger partial charge in [0.2, 0.25) is 0 Å². The van der Waals surface area contributed by atoms with Gasteiger partial charge < -0.3 is 19.9 Å². The van der Waals surface area contributed by atoms with Gasteiger partial charge in [-0.1, -0.05) is 12.8 Å². The summed E-state index contributed by atoms with van der Waals surface area (Å²) in [6, 6.07) is 5.55. The van der Waals surface area contributed by atoms with E-state index in [1.807, 2.05) is 25.1 Å². The second-order valence-corrected chi connectivity index (χ2v) is 5.29. The van der Waals surface area contributed by atoms with E-state index in [9.17, 15) is 0 Å². The van der Waals surface area contributed by atoms with Crippen molar-refractivity contribution in [2.75, 3.05) is 20.8 Å². The maximum Gasteiger partial charge on any atom is 0.124 e. The minimum atomic E-state index is -0.269. The number of hydrogen-bond donors (Lipinski definition) is 1. The lowest BCUT2D eigenvalue weighted by atomic mass is 9.86. The van der Waals surface area contributed by atoms with Crippen molar-refractivity contribution in [2.24, 2.45) is 5.73 Å². The van der Waals surface area contributed by atoms with Crippen molar-refractivity contribution in [1.82, 2.24) is 0 Å². The lowest BCUT2D eigenvalue weighted by Gasteiger charge is -2.36. The van der Waals surface area contributed by atoms with Crippen LogP contribution >= 0.6 is 0 Å². The van der Waals surface area contributed by atoms with Gasteiger partial charge in [0.05, 0.1) is 25.9 Å². The van der Waals surface area contributed by atoms with Gasteiger partial charge in [-0.05, 0) is 38.0 Å². The van der Waals surface area contributed by atoms with E-state index >= 15 is 0 Å². The van der Waals surface area contributed by atoms with Crippen molar-refractivity contribution >= 4 is 0 Å². The predicted octanol–water partition coefficient (Wildman–Crippen LogP) is 3.05. The molecule has 1 fully saturated rings. The minimum absolute atomic E-state index is 0.199. The maximum absolute atomic E-state index is 6.56. The van der Waals surface area contributed by atoms with Crippen LogP contribution in [0.5, 0.6) is 11.5 Å². The Morgan fingerprint density at radius 2 is 1.90 bits per heavy atom. The molecule has 2 rings (SSSR count). The van der Waals surface area contributed by atoms with Crippen LogP contribution in [0, 0.1) is 0 Å². The molecule has 0 amide bonds. The lowest BCUT2D eigenvalue weighted by molar-refractivity contribution is -0.0540. The Labute approximate surface area is 121 Å². The summed E-state index contributed by atoms with van der Waals surface area (Å²) in [5.41, 5.74) is 7.25. The van der Waals surface area contributed by atoms with Crippen LogP contribution < -0.4 is 15.2 Å². The summed E-state index contributed by atoms with van der Waals surface area (Å²) in [7, 11) is 3.32. The summed E-state index contributed by atoms with van der Waals surface area (Å²) in [5, 5.41) is 0. The van der Waals surface area contributed by atoms with Gasteiger partial charge in [0, 0.05) is 12.2 Å². The molecule has 112 valence electrons. The smallest absolute Gasteiger partial charge is 0.124 e. The number of hydrogen-bond acceptors (Lipinski definition) is 4. The molecule has 0 heterocycles. The molecule has 1 saturated carbocycles. The Morgan fingerprint density at radius 3 is 2.45 bits per heavy atom. The molecule has 1 aliphatic carbocycles. The van der Waals surface area contributed by atoms with Crippen LogP contribution in [-0.2, 0) is 4.74 Å². The molecule has 0 spiro atoms. The zero-order valence-corrected chi connectivity index (χ0v) is 12.6. The topological polar surface area (TPSA) is 53.7 Å². The van der Waals surface area contributed by atoms with Crippen LogP contribution in [0.4, 0.5) is 0 Å². The Balaban J connectivity index is 2.37. The summed E-state index contributed by atoms with van der Waals surface area (Å²) in [6.07, 6.45) is 4.34. The average Bonchev–Trinajstić information content (AvgIpc) is 2.96. The normalized spacial score (nSPS) is 18.8. The van der Waals surface area contributed by atoms with Crippen LogP contribution in [-0.4, -0.2) is 26.4 Å². The van der Waals surface area contributed by atoms with E-state index in [1.165, 1.54) is 12.8 Å². The number of rotatable bonds is 6. The van der Waals surface area contributed by atoms with Crippen molar-refractivity contribution < 1.29 is 14.2 Å².